The van der Waals surface area contributed by atoms with Gasteiger partial charge in [-0.25, -0.2) is 0 Å². The molecule has 0 bridgehead atoms. The molecule has 0 unspecified atom stereocenters. The van der Waals surface area contributed by atoms with Gasteiger partial charge in [0.05, 0.1) is 5.69 Å². The van der Waals surface area contributed by atoms with Crippen molar-refractivity contribution in [2.75, 3.05) is 0 Å². The van der Waals surface area contributed by atoms with Crippen LogP contribution in [-0.4, -0.2) is 4.98 Å². The second kappa shape index (κ2) is 6.80. The van der Waals surface area contributed by atoms with Crippen LogP contribution in [0.25, 0.3) is 11.3 Å². The average molecular weight is 424 g/mol. The van der Waals surface area contributed by atoms with Crippen LogP contribution in [0.3, 0.4) is 0 Å². The Hall–Kier alpha value is -2.41. The minimum Gasteiger partial charge on any atom is -0.256 e. The SMILES string of the molecule is CC(C)(C)Cc1ccnc(-c2cccc3c2C(C)(C)C2(Cc4ccccc4C2)C3(C)C)c1. The maximum atomic E-state index is 4.88. The van der Waals surface area contributed by atoms with Crippen LogP contribution in [0, 0.1) is 10.8 Å². The molecule has 0 saturated carbocycles. The molecule has 0 radical (unpaired) electrons. The van der Waals surface area contributed by atoms with Crippen LogP contribution < -0.4 is 0 Å². The molecule has 0 atom stereocenters. The first kappa shape index (κ1) is 21.4. The minimum absolute atomic E-state index is 0.0448. The molecule has 3 aromatic rings. The highest BCUT2D eigenvalue weighted by atomic mass is 14.7. The van der Waals surface area contributed by atoms with Crippen molar-refractivity contribution < 1.29 is 0 Å². The number of benzene rings is 2. The first-order valence-corrected chi connectivity index (χ1v) is 12.1. The van der Waals surface area contributed by atoms with Crippen molar-refractivity contribution in [2.24, 2.45) is 10.8 Å². The average Bonchev–Trinajstić information content (AvgIpc) is 3.18. The van der Waals surface area contributed by atoms with Crippen molar-refractivity contribution in [1.82, 2.24) is 4.98 Å². The molecule has 1 nitrogen and oxygen atoms in total. The van der Waals surface area contributed by atoms with Crippen LogP contribution in [0.4, 0.5) is 0 Å². The van der Waals surface area contributed by atoms with Crippen molar-refractivity contribution in [3.05, 3.63) is 88.6 Å². The van der Waals surface area contributed by atoms with Crippen LogP contribution in [0.5, 0.6) is 0 Å². The molecule has 2 aromatic carbocycles. The van der Waals surface area contributed by atoms with E-state index < -0.39 is 0 Å². The summed E-state index contributed by atoms with van der Waals surface area (Å²) in [6.07, 6.45) is 5.36. The summed E-state index contributed by atoms with van der Waals surface area (Å²) >= 11 is 0. The van der Waals surface area contributed by atoms with Crippen LogP contribution in [-0.2, 0) is 30.1 Å². The standard InChI is InChI=1S/C31H37N/c1-28(2,3)18-21-15-16-32-26(17-21)24-13-10-14-25-27(24)30(6,7)31(29(25,4)5)19-22-11-8-9-12-23(22)20-31/h8-17H,18-20H2,1-7H3. The molecule has 0 N–H and O–H groups in total. The number of hydrogen-bond donors (Lipinski definition) is 0. The summed E-state index contributed by atoms with van der Waals surface area (Å²) in [5.41, 5.74) is 10.5. The fourth-order valence-corrected chi connectivity index (χ4v) is 7.08. The molecular formula is C31H37N. The van der Waals surface area contributed by atoms with Gasteiger partial charge in [0.1, 0.15) is 0 Å². The molecule has 0 aliphatic heterocycles. The van der Waals surface area contributed by atoms with Gasteiger partial charge in [-0.05, 0) is 80.9 Å². The van der Waals surface area contributed by atoms with Crippen molar-refractivity contribution in [3.8, 4) is 11.3 Å². The first-order valence-electron chi connectivity index (χ1n) is 12.1. The number of pyridine rings is 1. The summed E-state index contributed by atoms with van der Waals surface area (Å²) in [7, 11) is 0. The molecule has 32 heavy (non-hydrogen) atoms. The Morgan fingerprint density at radius 3 is 2.09 bits per heavy atom. The van der Waals surface area contributed by atoms with Gasteiger partial charge in [-0.2, -0.15) is 0 Å². The summed E-state index contributed by atoms with van der Waals surface area (Å²) in [6.45, 7) is 16.9. The first-order chi connectivity index (χ1) is 15.0. The van der Waals surface area contributed by atoms with E-state index in [1.807, 2.05) is 6.20 Å². The lowest BCUT2D eigenvalue weighted by molar-refractivity contribution is 0.0890. The van der Waals surface area contributed by atoms with Gasteiger partial charge in [-0.1, -0.05) is 90.9 Å². The molecule has 5 rings (SSSR count). The normalized spacial score (nSPS) is 19.7. The van der Waals surface area contributed by atoms with Crippen LogP contribution in [0.15, 0.2) is 60.8 Å². The fraction of sp³-hybridized carbons (Fsp3) is 0.452. The van der Waals surface area contributed by atoms with E-state index >= 15 is 0 Å². The molecule has 0 saturated heterocycles. The largest absolute Gasteiger partial charge is 0.256 e. The van der Waals surface area contributed by atoms with Gasteiger partial charge >= 0.3 is 0 Å². The van der Waals surface area contributed by atoms with E-state index in [0.717, 1.165) is 25.0 Å². The lowest BCUT2D eigenvalue weighted by Gasteiger charge is -2.48. The summed E-state index contributed by atoms with van der Waals surface area (Å²) in [4.78, 5) is 4.88. The maximum absolute atomic E-state index is 4.88. The van der Waals surface area contributed by atoms with Gasteiger partial charge in [-0.15, -0.1) is 0 Å². The Bertz CT molecular complexity index is 1160. The van der Waals surface area contributed by atoms with E-state index in [1.54, 1.807) is 0 Å². The third-order valence-electron chi connectivity index (χ3n) is 8.69. The summed E-state index contributed by atoms with van der Waals surface area (Å²) in [5.74, 6) is 0. The predicted molar refractivity (Wildman–Crippen MR) is 135 cm³/mol. The zero-order valence-corrected chi connectivity index (χ0v) is 20.8. The van der Waals surface area contributed by atoms with Crippen molar-refractivity contribution in [1.29, 1.82) is 0 Å². The van der Waals surface area contributed by atoms with Crippen molar-refractivity contribution in [3.63, 3.8) is 0 Å². The predicted octanol–water partition coefficient (Wildman–Crippen LogP) is 7.69. The molecule has 1 spiro atoms. The van der Waals surface area contributed by atoms with Crippen molar-refractivity contribution in [2.45, 2.75) is 78.6 Å². The zero-order chi connectivity index (χ0) is 22.9. The quantitative estimate of drug-likeness (QED) is 0.412. The highest BCUT2D eigenvalue weighted by Crippen LogP contribution is 2.67. The Balaban J connectivity index is 1.67. The molecule has 0 fully saturated rings. The van der Waals surface area contributed by atoms with Gasteiger partial charge in [0, 0.05) is 11.8 Å². The molecule has 2 aliphatic rings. The number of rotatable bonds is 2. The van der Waals surface area contributed by atoms with Gasteiger partial charge < -0.3 is 0 Å². The van der Waals surface area contributed by atoms with E-state index in [4.69, 9.17) is 4.98 Å². The fourth-order valence-electron chi connectivity index (χ4n) is 7.08. The lowest BCUT2D eigenvalue weighted by atomic mass is 9.55. The zero-order valence-electron chi connectivity index (χ0n) is 20.8. The summed E-state index contributed by atoms with van der Waals surface area (Å²) in [5, 5.41) is 0. The number of nitrogens with zero attached hydrogens (tertiary/aromatic N) is 1. The van der Waals surface area contributed by atoms with Crippen molar-refractivity contribution >= 4 is 0 Å². The third-order valence-corrected chi connectivity index (χ3v) is 8.69. The Morgan fingerprint density at radius 1 is 0.812 bits per heavy atom. The van der Waals surface area contributed by atoms with Crippen LogP contribution in [0.1, 0.15) is 76.3 Å². The lowest BCUT2D eigenvalue weighted by Crippen LogP contribution is -2.48. The Morgan fingerprint density at radius 2 is 1.47 bits per heavy atom. The van der Waals surface area contributed by atoms with E-state index in [1.165, 1.54) is 33.4 Å². The molecule has 1 heteroatoms. The van der Waals surface area contributed by atoms with Crippen LogP contribution in [0.2, 0.25) is 0 Å². The molecule has 166 valence electrons. The number of aromatic nitrogens is 1. The summed E-state index contributed by atoms with van der Waals surface area (Å²) in [6, 6.07) is 20.6. The molecule has 1 aromatic heterocycles. The molecular weight excluding hydrogens is 386 g/mol. The highest BCUT2D eigenvalue weighted by Gasteiger charge is 2.64. The van der Waals surface area contributed by atoms with Crippen LogP contribution >= 0.6 is 0 Å². The van der Waals surface area contributed by atoms with E-state index in [-0.39, 0.29) is 21.7 Å². The topological polar surface area (TPSA) is 12.9 Å². The number of hydrogen-bond acceptors (Lipinski definition) is 1. The molecule has 0 amide bonds. The minimum atomic E-state index is 0.0448. The summed E-state index contributed by atoms with van der Waals surface area (Å²) < 4.78 is 0. The number of fused-ring (bicyclic) bond motifs is 2. The third kappa shape index (κ3) is 2.93. The Kier molecular flexibility index (Phi) is 4.55. The van der Waals surface area contributed by atoms with E-state index in [9.17, 15) is 0 Å². The second-order valence-electron chi connectivity index (χ2n) is 12.5. The Labute approximate surface area is 194 Å². The second-order valence-corrected chi connectivity index (χ2v) is 12.5. The van der Waals surface area contributed by atoms with E-state index in [0.29, 0.717) is 0 Å². The monoisotopic (exact) mass is 423 g/mol. The van der Waals surface area contributed by atoms with Gasteiger partial charge in [-0.3, -0.25) is 4.98 Å². The van der Waals surface area contributed by atoms with Gasteiger partial charge in [0.15, 0.2) is 0 Å². The molecule has 2 aliphatic carbocycles. The maximum Gasteiger partial charge on any atom is 0.0707 e. The van der Waals surface area contributed by atoms with Gasteiger partial charge in [0.2, 0.25) is 0 Å². The highest BCUT2D eigenvalue weighted by molar-refractivity contribution is 5.72. The van der Waals surface area contributed by atoms with E-state index in [2.05, 4.69) is 103 Å². The molecule has 1 heterocycles. The van der Waals surface area contributed by atoms with Gasteiger partial charge in [0.25, 0.3) is 0 Å². The smallest absolute Gasteiger partial charge is 0.0707 e.